The van der Waals surface area contributed by atoms with Crippen molar-refractivity contribution in [3.05, 3.63) is 29.5 Å². The van der Waals surface area contributed by atoms with Crippen LogP contribution >= 0.6 is 0 Å². The van der Waals surface area contributed by atoms with Crippen LogP contribution in [0.3, 0.4) is 0 Å². The highest BCUT2D eigenvalue weighted by molar-refractivity contribution is 7.85. The van der Waals surface area contributed by atoms with Gasteiger partial charge in [-0.05, 0) is 46.2 Å². The Labute approximate surface area is 122 Å². The molecular weight excluding hydrogens is 270 g/mol. The standard InChI is InChI=1S/C15H21N3OS/c1-10(17-20(19)15(3,4)5)12-7-8-13-11(2)16-18(6)14(13)9-12/h7-9H,1-6H3/b17-10+/t20-/m1/s1. The minimum absolute atomic E-state index is 0.339. The van der Waals surface area contributed by atoms with E-state index in [0.29, 0.717) is 0 Å². The smallest absolute Gasteiger partial charge is 0.145 e. The van der Waals surface area contributed by atoms with Gasteiger partial charge in [0.15, 0.2) is 0 Å². The number of aromatic nitrogens is 2. The van der Waals surface area contributed by atoms with Gasteiger partial charge >= 0.3 is 0 Å². The molecule has 1 aromatic heterocycles. The van der Waals surface area contributed by atoms with Crippen LogP contribution in [-0.4, -0.2) is 24.4 Å². The Hall–Kier alpha value is -1.49. The summed E-state index contributed by atoms with van der Waals surface area (Å²) in [5.41, 5.74) is 3.86. The number of hydrogen-bond donors (Lipinski definition) is 0. The van der Waals surface area contributed by atoms with Crippen molar-refractivity contribution in [2.45, 2.75) is 39.4 Å². The van der Waals surface area contributed by atoms with E-state index in [4.69, 9.17) is 0 Å². The zero-order valence-corrected chi connectivity index (χ0v) is 13.7. The highest BCUT2D eigenvalue weighted by Gasteiger charge is 2.19. The summed E-state index contributed by atoms with van der Waals surface area (Å²) < 4.78 is 17.9. The van der Waals surface area contributed by atoms with Crippen LogP contribution in [0.2, 0.25) is 0 Å². The Bertz CT molecular complexity index is 708. The van der Waals surface area contributed by atoms with E-state index in [2.05, 4.69) is 9.50 Å². The molecule has 0 saturated heterocycles. The number of fused-ring (bicyclic) bond motifs is 1. The SMILES string of the molecule is C/C(=N\[S@](=O)C(C)(C)C)c1ccc2c(C)nn(C)c2c1. The second-order valence-corrected chi connectivity index (χ2v) is 7.88. The van der Waals surface area contributed by atoms with E-state index in [1.165, 1.54) is 0 Å². The van der Waals surface area contributed by atoms with E-state index < -0.39 is 11.0 Å². The van der Waals surface area contributed by atoms with E-state index in [9.17, 15) is 4.21 Å². The maximum Gasteiger partial charge on any atom is 0.145 e. The van der Waals surface area contributed by atoms with Gasteiger partial charge in [0.1, 0.15) is 11.0 Å². The molecule has 0 aliphatic heterocycles. The van der Waals surface area contributed by atoms with Gasteiger partial charge < -0.3 is 0 Å². The third-order valence-electron chi connectivity index (χ3n) is 3.20. The lowest BCUT2D eigenvalue weighted by atomic mass is 10.1. The molecule has 20 heavy (non-hydrogen) atoms. The lowest BCUT2D eigenvalue weighted by Gasteiger charge is -2.14. The number of rotatable bonds is 2. The molecule has 1 atom stereocenters. The first-order chi connectivity index (χ1) is 9.20. The number of benzene rings is 1. The van der Waals surface area contributed by atoms with Gasteiger partial charge in [-0.25, -0.2) is 4.21 Å². The average Bonchev–Trinajstić information content (AvgIpc) is 2.63. The molecule has 1 heterocycles. The van der Waals surface area contributed by atoms with Crippen molar-refractivity contribution >= 4 is 27.6 Å². The molecule has 0 spiro atoms. The summed E-state index contributed by atoms with van der Waals surface area (Å²) in [7, 11) is 0.693. The van der Waals surface area contributed by atoms with Gasteiger partial charge in [-0.1, -0.05) is 12.1 Å². The Morgan fingerprint density at radius 3 is 2.60 bits per heavy atom. The molecule has 2 rings (SSSR count). The summed E-state index contributed by atoms with van der Waals surface area (Å²) in [6, 6.07) is 6.11. The Morgan fingerprint density at radius 2 is 2.00 bits per heavy atom. The molecule has 0 radical (unpaired) electrons. The second kappa shape index (κ2) is 5.13. The molecule has 1 aromatic carbocycles. The minimum atomic E-state index is -1.24. The monoisotopic (exact) mass is 291 g/mol. The maximum absolute atomic E-state index is 12.1. The van der Waals surface area contributed by atoms with Crippen molar-refractivity contribution < 1.29 is 4.21 Å². The lowest BCUT2D eigenvalue weighted by molar-refractivity contribution is 0.650. The fraction of sp³-hybridized carbons (Fsp3) is 0.467. The van der Waals surface area contributed by atoms with Crippen molar-refractivity contribution in [1.29, 1.82) is 0 Å². The molecule has 0 saturated carbocycles. The topological polar surface area (TPSA) is 47.2 Å². The summed E-state index contributed by atoms with van der Waals surface area (Å²) in [4.78, 5) is 0. The van der Waals surface area contributed by atoms with E-state index in [1.54, 1.807) is 0 Å². The highest BCUT2D eigenvalue weighted by atomic mass is 32.2. The molecule has 0 fully saturated rings. The van der Waals surface area contributed by atoms with Crippen molar-refractivity contribution in [3.63, 3.8) is 0 Å². The van der Waals surface area contributed by atoms with Crippen molar-refractivity contribution in [2.75, 3.05) is 0 Å². The Kier molecular flexibility index (Phi) is 3.82. The molecule has 0 unspecified atom stereocenters. The quantitative estimate of drug-likeness (QED) is 0.798. The van der Waals surface area contributed by atoms with Gasteiger partial charge in [-0.3, -0.25) is 4.68 Å². The molecule has 108 valence electrons. The highest BCUT2D eigenvalue weighted by Crippen LogP contribution is 2.20. The summed E-state index contributed by atoms with van der Waals surface area (Å²) in [6.45, 7) is 9.67. The molecule has 4 nitrogen and oxygen atoms in total. The third kappa shape index (κ3) is 2.82. The van der Waals surface area contributed by atoms with Gasteiger partial charge in [-0.2, -0.15) is 9.50 Å². The molecule has 5 heteroatoms. The van der Waals surface area contributed by atoms with Gasteiger partial charge in [0, 0.05) is 12.4 Å². The van der Waals surface area contributed by atoms with E-state index >= 15 is 0 Å². The first-order valence-corrected chi connectivity index (χ1v) is 7.72. The van der Waals surface area contributed by atoms with Crippen molar-refractivity contribution in [2.24, 2.45) is 11.4 Å². The van der Waals surface area contributed by atoms with Gasteiger partial charge in [0.05, 0.1) is 21.7 Å². The van der Waals surface area contributed by atoms with Crippen LogP contribution in [-0.2, 0) is 18.0 Å². The first kappa shape index (κ1) is 14.9. The molecule has 2 aromatic rings. The summed E-state index contributed by atoms with van der Waals surface area (Å²) in [5, 5.41) is 5.55. The zero-order chi connectivity index (χ0) is 15.1. The number of hydrogen-bond acceptors (Lipinski definition) is 2. The van der Waals surface area contributed by atoms with E-state index in [0.717, 1.165) is 27.9 Å². The van der Waals surface area contributed by atoms with Crippen molar-refractivity contribution in [1.82, 2.24) is 9.78 Å². The second-order valence-electron chi connectivity index (χ2n) is 5.98. The fourth-order valence-electron chi connectivity index (χ4n) is 1.98. The van der Waals surface area contributed by atoms with Crippen LogP contribution in [0.25, 0.3) is 10.9 Å². The molecule has 0 aliphatic carbocycles. The predicted molar refractivity (Wildman–Crippen MR) is 85.6 cm³/mol. The van der Waals surface area contributed by atoms with Crippen LogP contribution in [0.4, 0.5) is 0 Å². The van der Waals surface area contributed by atoms with Gasteiger partial charge in [-0.15, -0.1) is 0 Å². The molecule has 0 amide bonds. The lowest BCUT2D eigenvalue weighted by Crippen LogP contribution is -2.20. The van der Waals surface area contributed by atoms with E-state index in [-0.39, 0.29) is 4.75 Å². The Morgan fingerprint density at radius 1 is 1.35 bits per heavy atom. The maximum atomic E-state index is 12.1. The normalized spacial score (nSPS) is 14.8. The van der Waals surface area contributed by atoms with Crippen LogP contribution < -0.4 is 0 Å². The van der Waals surface area contributed by atoms with Gasteiger partial charge in [0.2, 0.25) is 0 Å². The predicted octanol–water partition coefficient (Wildman–Crippen LogP) is 3.15. The molecule has 0 aliphatic rings. The molecule has 0 bridgehead atoms. The minimum Gasteiger partial charge on any atom is -0.268 e. The van der Waals surface area contributed by atoms with Crippen LogP contribution in [0.1, 0.15) is 39.0 Å². The first-order valence-electron chi connectivity index (χ1n) is 6.61. The zero-order valence-electron chi connectivity index (χ0n) is 12.9. The number of nitrogens with zero attached hydrogens (tertiary/aromatic N) is 3. The number of aryl methyl sites for hydroxylation is 2. The van der Waals surface area contributed by atoms with Crippen molar-refractivity contribution in [3.8, 4) is 0 Å². The Balaban J connectivity index is 2.46. The summed E-state index contributed by atoms with van der Waals surface area (Å²) >= 11 is 0. The van der Waals surface area contributed by atoms with Crippen LogP contribution in [0.15, 0.2) is 22.6 Å². The van der Waals surface area contributed by atoms with Crippen LogP contribution in [0, 0.1) is 6.92 Å². The molecule has 0 N–H and O–H groups in total. The summed E-state index contributed by atoms with van der Waals surface area (Å²) in [6.07, 6.45) is 0. The van der Waals surface area contributed by atoms with Crippen LogP contribution in [0.5, 0.6) is 0 Å². The van der Waals surface area contributed by atoms with E-state index in [1.807, 2.05) is 64.5 Å². The molecular formula is C15H21N3OS. The summed E-state index contributed by atoms with van der Waals surface area (Å²) in [5.74, 6) is 0. The third-order valence-corrected chi connectivity index (χ3v) is 4.69. The van der Waals surface area contributed by atoms with Gasteiger partial charge in [0.25, 0.3) is 0 Å². The largest absolute Gasteiger partial charge is 0.268 e. The average molecular weight is 291 g/mol. The fourth-order valence-corrected chi connectivity index (χ4v) is 2.61.